The predicted molar refractivity (Wildman–Crippen MR) is 94.8 cm³/mol. The third-order valence-electron chi connectivity index (χ3n) is 5.55. The van der Waals surface area contributed by atoms with Gasteiger partial charge in [0.1, 0.15) is 0 Å². The van der Waals surface area contributed by atoms with Crippen LogP contribution in [0.15, 0.2) is 18.2 Å². The van der Waals surface area contributed by atoms with Crippen molar-refractivity contribution >= 4 is 11.6 Å². The molecule has 1 aliphatic carbocycles. The summed E-state index contributed by atoms with van der Waals surface area (Å²) >= 11 is 6.15. The Bertz CT molecular complexity index is 482. The van der Waals surface area contributed by atoms with Crippen LogP contribution < -0.4 is 10.6 Å². The van der Waals surface area contributed by atoms with Gasteiger partial charge in [0, 0.05) is 11.1 Å². The van der Waals surface area contributed by atoms with Gasteiger partial charge in [-0.15, -0.1) is 0 Å². The third kappa shape index (κ3) is 4.04. The summed E-state index contributed by atoms with van der Waals surface area (Å²) in [6.45, 7) is 5.93. The molecule has 2 N–H and O–H groups in total. The summed E-state index contributed by atoms with van der Waals surface area (Å²) in [5.41, 5.74) is 2.99. The highest BCUT2D eigenvalue weighted by Gasteiger charge is 2.25. The Labute approximate surface area is 140 Å². The molecule has 0 radical (unpaired) electrons. The molecule has 2 aliphatic rings. The van der Waals surface area contributed by atoms with Gasteiger partial charge < -0.3 is 10.6 Å². The second kappa shape index (κ2) is 7.81. The summed E-state index contributed by atoms with van der Waals surface area (Å²) in [5.74, 6) is 1.56. The van der Waals surface area contributed by atoms with Crippen molar-refractivity contribution in [1.29, 1.82) is 0 Å². The Morgan fingerprint density at radius 2 is 2.09 bits per heavy atom. The van der Waals surface area contributed by atoms with E-state index in [1.807, 2.05) is 0 Å². The molecule has 2 unspecified atom stereocenters. The molecule has 0 spiro atoms. The Balaban J connectivity index is 1.53. The van der Waals surface area contributed by atoms with Gasteiger partial charge in [-0.1, -0.05) is 17.7 Å². The quantitative estimate of drug-likeness (QED) is 0.852. The van der Waals surface area contributed by atoms with Crippen LogP contribution in [-0.2, 0) is 6.42 Å². The smallest absolute Gasteiger partial charge is 0.0408 e. The number of fused-ring (bicyclic) bond motifs is 1. The Morgan fingerprint density at radius 1 is 1.27 bits per heavy atom. The van der Waals surface area contributed by atoms with Gasteiger partial charge in [0.15, 0.2) is 0 Å². The van der Waals surface area contributed by atoms with E-state index in [1.165, 1.54) is 62.7 Å². The third-order valence-corrected chi connectivity index (χ3v) is 5.78. The normalized spacial score (nSPS) is 24.0. The Hall–Kier alpha value is -0.570. The van der Waals surface area contributed by atoms with Crippen LogP contribution in [0, 0.1) is 5.92 Å². The molecule has 122 valence electrons. The number of halogens is 1. The molecule has 2 nitrogen and oxygen atoms in total. The Morgan fingerprint density at radius 3 is 2.91 bits per heavy atom. The second-order valence-corrected chi connectivity index (χ2v) is 7.50. The van der Waals surface area contributed by atoms with E-state index >= 15 is 0 Å². The maximum absolute atomic E-state index is 6.15. The first-order valence-electron chi connectivity index (χ1n) is 8.96. The van der Waals surface area contributed by atoms with Crippen LogP contribution in [0.5, 0.6) is 0 Å². The molecule has 0 bridgehead atoms. The van der Waals surface area contributed by atoms with Gasteiger partial charge >= 0.3 is 0 Å². The van der Waals surface area contributed by atoms with Crippen LogP contribution in [0.2, 0.25) is 5.02 Å². The van der Waals surface area contributed by atoms with E-state index in [9.17, 15) is 0 Å². The number of aryl methyl sites for hydroxylation is 1. The lowest BCUT2D eigenvalue weighted by molar-refractivity contribution is 0.332. The van der Waals surface area contributed by atoms with Gasteiger partial charge in [0.25, 0.3) is 0 Å². The van der Waals surface area contributed by atoms with E-state index in [0.29, 0.717) is 12.0 Å². The largest absolute Gasteiger partial charge is 0.317 e. The summed E-state index contributed by atoms with van der Waals surface area (Å²) in [4.78, 5) is 0. The van der Waals surface area contributed by atoms with Gasteiger partial charge in [0.2, 0.25) is 0 Å². The number of benzene rings is 1. The highest BCUT2D eigenvalue weighted by Crippen LogP contribution is 2.35. The molecule has 1 aromatic carbocycles. The topological polar surface area (TPSA) is 24.1 Å². The minimum atomic E-state index is 0.557. The van der Waals surface area contributed by atoms with Gasteiger partial charge in [-0.25, -0.2) is 0 Å². The molecule has 0 aromatic heterocycles. The molecule has 1 fully saturated rings. The number of piperidine rings is 1. The molecule has 0 amide bonds. The van der Waals surface area contributed by atoms with Crippen molar-refractivity contribution in [3.8, 4) is 0 Å². The fraction of sp³-hybridized carbons (Fsp3) is 0.684. The standard InChI is InChI=1S/C19H29ClN2/c1-14(22-12-9-15-7-10-21-11-8-15)18-4-2-3-16-13-17(20)5-6-19(16)18/h5-6,13-15,18,21-22H,2-4,7-12H2,1H3. The first kappa shape index (κ1) is 16.3. The van der Waals surface area contributed by atoms with Crippen molar-refractivity contribution < 1.29 is 0 Å². The molecule has 1 saturated heterocycles. The fourth-order valence-electron chi connectivity index (χ4n) is 4.17. The molecule has 3 rings (SSSR count). The van der Waals surface area contributed by atoms with Gasteiger partial charge in [-0.2, -0.15) is 0 Å². The molecule has 1 aliphatic heterocycles. The molecule has 1 aromatic rings. The lowest BCUT2D eigenvalue weighted by atomic mass is 9.79. The van der Waals surface area contributed by atoms with Crippen molar-refractivity contribution in [2.24, 2.45) is 5.92 Å². The SMILES string of the molecule is CC(NCCC1CCNCC1)C1CCCc2cc(Cl)ccc21. The summed E-state index contributed by atoms with van der Waals surface area (Å²) in [6.07, 6.45) is 7.80. The average Bonchev–Trinajstić information content (AvgIpc) is 2.55. The molecule has 22 heavy (non-hydrogen) atoms. The predicted octanol–water partition coefficient (Wildman–Crippen LogP) is 4.13. The van der Waals surface area contributed by atoms with E-state index in [4.69, 9.17) is 11.6 Å². The summed E-state index contributed by atoms with van der Waals surface area (Å²) in [7, 11) is 0. The Kier molecular flexibility index (Phi) is 5.78. The maximum atomic E-state index is 6.15. The van der Waals surface area contributed by atoms with Crippen LogP contribution in [-0.4, -0.2) is 25.7 Å². The number of rotatable bonds is 5. The molecular formula is C19H29ClN2. The van der Waals surface area contributed by atoms with E-state index in [1.54, 1.807) is 0 Å². The minimum absolute atomic E-state index is 0.557. The highest BCUT2D eigenvalue weighted by molar-refractivity contribution is 6.30. The summed E-state index contributed by atoms with van der Waals surface area (Å²) in [5, 5.41) is 8.13. The maximum Gasteiger partial charge on any atom is 0.0408 e. The number of nitrogens with one attached hydrogen (secondary N) is 2. The van der Waals surface area contributed by atoms with Gasteiger partial charge in [0.05, 0.1) is 0 Å². The molecule has 3 heteroatoms. The van der Waals surface area contributed by atoms with Crippen LogP contribution >= 0.6 is 11.6 Å². The van der Waals surface area contributed by atoms with Gasteiger partial charge in [-0.05, 0) is 100 Å². The van der Waals surface area contributed by atoms with E-state index in [2.05, 4.69) is 35.8 Å². The monoisotopic (exact) mass is 320 g/mol. The zero-order valence-corrected chi connectivity index (χ0v) is 14.5. The zero-order valence-electron chi connectivity index (χ0n) is 13.7. The van der Waals surface area contributed by atoms with Crippen LogP contribution in [0.1, 0.15) is 56.1 Å². The average molecular weight is 321 g/mol. The van der Waals surface area contributed by atoms with Crippen LogP contribution in [0.25, 0.3) is 0 Å². The van der Waals surface area contributed by atoms with Gasteiger partial charge in [-0.3, -0.25) is 0 Å². The van der Waals surface area contributed by atoms with Crippen molar-refractivity contribution in [3.05, 3.63) is 34.3 Å². The molecule has 0 saturated carbocycles. The highest BCUT2D eigenvalue weighted by atomic mass is 35.5. The van der Waals surface area contributed by atoms with Crippen molar-refractivity contribution in [2.45, 2.75) is 57.4 Å². The van der Waals surface area contributed by atoms with E-state index in [0.717, 1.165) is 17.5 Å². The van der Waals surface area contributed by atoms with Crippen molar-refractivity contribution in [2.75, 3.05) is 19.6 Å². The van der Waals surface area contributed by atoms with E-state index in [-0.39, 0.29) is 0 Å². The van der Waals surface area contributed by atoms with Crippen molar-refractivity contribution in [1.82, 2.24) is 10.6 Å². The molecule has 1 heterocycles. The summed E-state index contributed by atoms with van der Waals surface area (Å²) < 4.78 is 0. The number of hydrogen-bond acceptors (Lipinski definition) is 2. The zero-order chi connectivity index (χ0) is 15.4. The van der Waals surface area contributed by atoms with Crippen LogP contribution in [0.3, 0.4) is 0 Å². The minimum Gasteiger partial charge on any atom is -0.317 e. The number of hydrogen-bond donors (Lipinski definition) is 2. The fourth-order valence-corrected chi connectivity index (χ4v) is 4.36. The van der Waals surface area contributed by atoms with E-state index < -0.39 is 0 Å². The summed E-state index contributed by atoms with van der Waals surface area (Å²) in [6, 6.07) is 7.04. The lowest BCUT2D eigenvalue weighted by Gasteiger charge is -2.32. The molecular weight excluding hydrogens is 292 g/mol. The second-order valence-electron chi connectivity index (χ2n) is 7.07. The first-order valence-corrected chi connectivity index (χ1v) is 9.34. The molecule has 2 atom stereocenters. The van der Waals surface area contributed by atoms with Crippen molar-refractivity contribution in [3.63, 3.8) is 0 Å². The first-order chi connectivity index (χ1) is 10.7. The lowest BCUT2D eigenvalue weighted by Crippen LogP contribution is -2.36. The van der Waals surface area contributed by atoms with Crippen LogP contribution in [0.4, 0.5) is 0 Å².